The molecule has 0 aromatic heterocycles. The Hall–Kier alpha value is -2.17. The van der Waals surface area contributed by atoms with Crippen LogP contribution in [-0.2, 0) is 18.7 Å². The molecule has 1 aromatic carbocycles. The van der Waals surface area contributed by atoms with Gasteiger partial charge in [0, 0.05) is 12.1 Å². The highest BCUT2D eigenvalue weighted by Crippen LogP contribution is 2.39. The normalized spacial score (nSPS) is 13.7. The minimum Gasteiger partial charge on any atom is -0.320 e. The number of anilines is 1. The van der Waals surface area contributed by atoms with Gasteiger partial charge in [0.2, 0.25) is 0 Å². The second-order valence-electron chi connectivity index (χ2n) is 7.25. The number of phosphoric ester groups is 1. The van der Waals surface area contributed by atoms with Crippen LogP contribution in [0, 0.1) is 16.0 Å². The van der Waals surface area contributed by atoms with Crippen LogP contribution in [-0.4, -0.2) is 38.7 Å². The minimum absolute atomic E-state index is 0.00869. The van der Waals surface area contributed by atoms with Crippen molar-refractivity contribution < 1.29 is 33.4 Å². The van der Waals surface area contributed by atoms with Crippen LogP contribution < -0.4 is 10.6 Å². The number of benzene rings is 1. The van der Waals surface area contributed by atoms with Gasteiger partial charge in [-0.05, 0) is 30.9 Å². The van der Waals surface area contributed by atoms with E-state index in [1.807, 2.05) is 20.8 Å². The number of hydrogen-bond donors (Lipinski definition) is 3. The van der Waals surface area contributed by atoms with Crippen molar-refractivity contribution in [3.8, 4) is 0 Å². The summed E-state index contributed by atoms with van der Waals surface area (Å²) in [6, 6.07) is 3.56. The average Bonchev–Trinajstić information content (AvgIpc) is 2.64. The van der Waals surface area contributed by atoms with Crippen LogP contribution >= 0.6 is 7.82 Å². The van der Waals surface area contributed by atoms with Crippen LogP contribution in [0.2, 0.25) is 0 Å². The van der Waals surface area contributed by atoms with E-state index in [-0.39, 0.29) is 30.1 Å². The fourth-order valence-corrected chi connectivity index (χ4v) is 3.31. The summed E-state index contributed by atoms with van der Waals surface area (Å²) in [6.45, 7) is 5.50. The van der Waals surface area contributed by atoms with Gasteiger partial charge in [0.15, 0.2) is 0 Å². The molecule has 0 fully saturated rings. The number of phosphoric acid groups is 1. The van der Waals surface area contributed by atoms with Crippen molar-refractivity contribution in [2.24, 2.45) is 11.7 Å². The number of non-ortho nitro benzene ring substituents is 1. The lowest BCUT2D eigenvalue weighted by molar-refractivity contribution is -0.384. The lowest BCUT2D eigenvalue weighted by Gasteiger charge is -2.28. The first kappa shape index (κ1) is 25.9. The number of nitro groups is 1. The van der Waals surface area contributed by atoms with E-state index in [4.69, 9.17) is 5.73 Å². The van der Waals surface area contributed by atoms with Gasteiger partial charge in [-0.25, -0.2) is 9.46 Å². The predicted molar refractivity (Wildman–Crippen MR) is 109 cm³/mol. The molecule has 11 nitrogen and oxygen atoms in total. The number of carbonyl (C=O) groups is 2. The molecule has 0 aliphatic rings. The standard InChI is InChI=1S/C18H28N3O8P/c1-4-5-6-16(29-30(26,27)28)18(23)20(17(22)15(19)11-12(2)3)13-7-9-14(10-8-13)21(24)25/h7-10,12,15-16H,4-6,11,19H2,1-3H3,(H2,26,27,28)/t15-,16-/m0/s1. The third kappa shape index (κ3) is 7.92. The van der Waals surface area contributed by atoms with Crippen LogP contribution in [0.4, 0.5) is 11.4 Å². The Morgan fingerprint density at radius 2 is 1.80 bits per heavy atom. The van der Waals surface area contributed by atoms with Gasteiger partial charge in [0.1, 0.15) is 6.10 Å². The van der Waals surface area contributed by atoms with E-state index in [0.717, 1.165) is 12.1 Å². The van der Waals surface area contributed by atoms with E-state index in [9.17, 15) is 34.1 Å². The second-order valence-corrected chi connectivity index (χ2v) is 8.44. The zero-order chi connectivity index (χ0) is 23.1. The first-order valence-electron chi connectivity index (χ1n) is 9.49. The van der Waals surface area contributed by atoms with Crippen LogP contribution in [0.25, 0.3) is 0 Å². The monoisotopic (exact) mass is 445 g/mol. The molecule has 0 spiro atoms. The summed E-state index contributed by atoms with van der Waals surface area (Å²) in [5.41, 5.74) is 5.69. The minimum atomic E-state index is -5.02. The molecule has 0 radical (unpaired) electrons. The number of carbonyl (C=O) groups excluding carboxylic acids is 2. The molecule has 0 bridgehead atoms. The lowest BCUT2D eigenvalue weighted by atomic mass is 10.0. The number of hydrogen-bond acceptors (Lipinski definition) is 7. The van der Waals surface area contributed by atoms with E-state index >= 15 is 0 Å². The smallest absolute Gasteiger partial charge is 0.320 e. The van der Waals surface area contributed by atoms with Gasteiger partial charge in [-0.2, -0.15) is 0 Å². The van der Waals surface area contributed by atoms with Crippen molar-refractivity contribution in [1.82, 2.24) is 0 Å². The summed E-state index contributed by atoms with van der Waals surface area (Å²) in [5, 5.41) is 10.9. The number of unbranched alkanes of at least 4 members (excludes halogenated alkanes) is 1. The Morgan fingerprint density at radius 3 is 2.23 bits per heavy atom. The molecule has 0 unspecified atom stereocenters. The number of nitro benzene ring substituents is 1. The van der Waals surface area contributed by atoms with Gasteiger partial charge in [0.05, 0.1) is 16.7 Å². The highest BCUT2D eigenvalue weighted by atomic mass is 31.2. The van der Waals surface area contributed by atoms with Crippen LogP contribution in [0.1, 0.15) is 46.5 Å². The molecule has 0 saturated carbocycles. The van der Waals surface area contributed by atoms with Gasteiger partial charge < -0.3 is 15.5 Å². The topological polar surface area (TPSA) is 173 Å². The highest BCUT2D eigenvalue weighted by molar-refractivity contribution is 7.46. The summed E-state index contributed by atoms with van der Waals surface area (Å²) in [5.74, 6) is -1.75. The van der Waals surface area contributed by atoms with Gasteiger partial charge in [-0.1, -0.05) is 33.6 Å². The van der Waals surface area contributed by atoms with Gasteiger partial charge in [0.25, 0.3) is 17.5 Å². The van der Waals surface area contributed by atoms with Gasteiger partial charge in [-0.3, -0.25) is 24.2 Å². The van der Waals surface area contributed by atoms with Gasteiger partial charge in [-0.15, -0.1) is 0 Å². The van der Waals surface area contributed by atoms with Crippen molar-refractivity contribution in [2.75, 3.05) is 4.90 Å². The van der Waals surface area contributed by atoms with Crippen molar-refractivity contribution in [3.05, 3.63) is 34.4 Å². The molecule has 0 aliphatic carbocycles. The van der Waals surface area contributed by atoms with E-state index in [2.05, 4.69) is 4.52 Å². The molecular weight excluding hydrogens is 417 g/mol. The predicted octanol–water partition coefficient (Wildman–Crippen LogP) is 2.50. The second kappa shape index (κ2) is 11.3. The molecule has 2 atom stereocenters. The van der Waals surface area contributed by atoms with Gasteiger partial charge >= 0.3 is 7.82 Å². The van der Waals surface area contributed by atoms with Crippen LogP contribution in [0.15, 0.2) is 24.3 Å². The summed E-state index contributed by atoms with van der Waals surface area (Å²) >= 11 is 0. The van der Waals surface area contributed by atoms with Crippen molar-refractivity contribution in [2.45, 2.75) is 58.6 Å². The zero-order valence-electron chi connectivity index (χ0n) is 17.1. The Kier molecular flexibility index (Phi) is 9.73. The number of amides is 2. The maximum Gasteiger partial charge on any atom is 0.470 e. The Bertz CT molecular complexity index is 793. The molecule has 0 saturated heterocycles. The molecule has 30 heavy (non-hydrogen) atoms. The van der Waals surface area contributed by atoms with Crippen molar-refractivity contribution in [1.29, 1.82) is 0 Å². The van der Waals surface area contributed by atoms with E-state index in [0.29, 0.717) is 17.7 Å². The Balaban J connectivity index is 3.37. The Labute approximate surface area is 174 Å². The first-order valence-corrected chi connectivity index (χ1v) is 11.0. The summed E-state index contributed by atoms with van der Waals surface area (Å²) in [7, 11) is -5.02. The number of rotatable bonds is 11. The molecular formula is C18H28N3O8P. The molecule has 168 valence electrons. The quantitative estimate of drug-likeness (QED) is 0.263. The maximum atomic E-state index is 13.1. The SMILES string of the molecule is CCCC[C@H](OP(=O)(O)O)C(=O)N(C(=O)[C@@H](N)CC(C)C)c1ccc([N+](=O)[O-])cc1. The van der Waals surface area contributed by atoms with Crippen molar-refractivity contribution >= 4 is 31.0 Å². The molecule has 2 amide bonds. The van der Waals surface area contributed by atoms with Crippen molar-refractivity contribution in [3.63, 3.8) is 0 Å². The first-order chi connectivity index (χ1) is 13.9. The number of nitrogens with two attached hydrogens (primary N) is 1. The summed E-state index contributed by atoms with van der Waals surface area (Å²) in [6.07, 6.45) is -0.328. The van der Waals surface area contributed by atoms with Crippen LogP contribution in [0.3, 0.4) is 0 Å². The Morgan fingerprint density at radius 1 is 1.23 bits per heavy atom. The van der Waals surface area contributed by atoms with Crippen LogP contribution in [0.5, 0.6) is 0 Å². The van der Waals surface area contributed by atoms with E-state index in [1.165, 1.54) is 12.1 Å². The van der Waals surface area contributed by atoms with E-state index < -0.39 is 36.7 Å². The maximum absolute atomic E-state index is 13.1. The molecule has 4 N–H and O–H groups in total. The molecule has 12 heteroatoms. The summed E-state index contributed by atoms with van der Waals surface area (Å²) < 4.78 is 16.0. The number of imide groups is 1. The molecule has 0 heterocycles. The average molecular weight is 445 g/mol. The highest BCUT2D eigenvalue weighted by Gasteiger charge is 2.36. The zero-order valence-corrected chi connectivity index (χ0v) is 18.0. The van der Waals surface area contributed by atoms with E-state index in [1.54, 1.807) is 0 Å². The molecule has 1 aromatic rings. The number of nitrogens with zero attached hydrogens (tertiary/aromatic N) is 2. The molecule has 0 aliphatic heterocycles. The largest absolute Gasteiger partial charge is 0.470 e. The third-order valence-corrected chi connectivity index (χ3v) is 4.69. The molecule has 1 rings (SSSR count). The fraction of sp³-hybridized carbons (Fsp3) is 0.556. The fourth-order valence-electron chi connectivity index (χ4n) is 2.78. The lowest BCUT2D eigenvalue weighted by Crippen LogP contribution is -2.51. The summed E-state index contributed by atoms with van der Waals surface area (Å²) in [4.78, 5) is 55.4. The third-order valence-electron chi connectivity index (χ3n) is 4.16.